The monoisotopic (exact) mass is 1040 g/mol. The molecule has 0 N–H and O–H groups in total. The van der Waals surface area contributed by atoms with E-state index in [1.807, 2.05) is 0 Å². The SMILES string of the molecule is CCCCCCCC/C=C\CCCCCCCCCCCC(=O)OC(COC(=O)CCCCCCCCCCCCCCC)COC(=O)CCCCCCCCCCCCCCCCCCCCCCCCCC. The molecule has 0 rings (SSSR count). The van der Waals surface area contributed by atoms with Gasteiger partial charge >= 0.3 is 17.9 Å². The number of rotatable bonds is 63. The van der Waals surface area contributed by atoms with Gasteiger partial charge in [-0.1, -0.05) is 335 Å². The van der Waals surface area contributed by atoms with Gasteiger partial charge in [0.25, 0.3) is 0 Å². The molecule has 0 spiro atoms. The Labute approximate surface area is 462 Å². The van der Waals surface area contributed by atoms with Gasteiger partial charge in [0.15, 0.2) is 6.10 Å². The number of hydrogen-bond donors (Lipinski definition) is 0. The maximum absolute atomic E-state index is 12.9. The van der Waals surface area contributed by atoms with Crippen molar-refractivity contribution in [1.82, 2.24) is 0 Å². The lowest BCUT2D eigenvalue weighted by Gasteiger charge is -2.18. The summed E-state index contributed by atoms with van der Waals surface area (Å²) in [6.45, 7) is 6.72. The second kappa shape index (κ2) is 63.7. The molecule has 0 aromatic rings. The standard InChI is InChI=1S/C68H130O6/c1-4-7-10-13-16-19-22-25-27-29-31-32-33-34-35-37-38-40-43-46-49-52-55-58-61-67(70)73-64-65(63-72-66(69)60-57-54-51-48-45-42-24-21-18-15-12-9-6-3)74-68(71)62-59-56-53-50-47-44-41-39-36-30-28-26-23-20-17-14-11-8-5-2/h26,28,65H,4-25,27,29-64H2,1-3H3/b28-26-. The van der Waals surface area contributed by atoms with Crippen molar-refractivity contribution >= 4 is 17.9 Å². The lowest BCUT2D eigenvalue weighted by Crippen LogP contribution is -2.30. The molecule has 0 saturated carbocycles. The molecule has 0 bridgehead atoms. The van der Waals surface area contributed by atoms with Crippen molar-refractivity contribution in [2.24, 2.45) is 0 Å². The molecule has 0 aliphatic rings. The van der Waals surface area contributed by atoms with E-state index in [1.165, 1.54) is 289 Å². The van der Waals surface area contributed by atoms with Crippen LogP contribution in [0.5, 0.6) is 0 Å². The summed E-state index contributed by atoms with van der Waals surface area (Å²) in [6.07, 6.45) is 75.2. The molecular formula is C68H130O6. The number of ether oxygens (including phenoxy) is 3. The van der Waals surface area contributed by atoms with Crippen molar-refractivity contribution in [3.8, 4) is 0 Å². The fourth-order valence-corrected chi connectivity index (χ4v) is 10.4. The summed E-state index contributed by atoms with van der Waals surface area (Å²) < 4.78 is 17.0. The van der Waals surface area contributed by atoms with E-state index in [4.69, 9.17) is 14.2 Å². The van der Waals surface area contributed by atoms with E-state index < -0.39 is 6.10 Å². The molecule has 0 heterocycles. The van der Waals surface area contributed by atoms with Crippen molar-refractivity contribution in [1.29, 1.82) is 0 Å². The molecule has 438 valence electrons. The predicted octanol–water partition coefficient (Wildman–Crippen LogP) is 22.8. The lowest BCUT2D eigenvalue weighted by molar-refractivity contribution is -0.167. The van der Waals surface area contributed by atoms with Gasteiger partial charge in [-0.25, -0.2) is 0 Å². The summed E-state index contributed by atoms with van der Waals surface area (Å²) in [6, 6.07) is 0. The minimum Gasteiger partial charge on any atom is -0.462 e. The van der Waals surface area contributed by atoms with E-state index in [2.05, 4.69) is 32.9 Å². The van der Waals surface area contributed by atoms with E-state index in [9.17, 15) is 14.4 Å². The quantitative estimate of drug-likeness (QED) is 0.0261. The van der Waals surface area contributed by atoms with E-state index in [-0.39, 0.29) is 31.1 Å². The van der Waals surface area contributed by atoms with Gasteiger partial charge in [0.2, 0.25) is 0 Å². The van der Waals surface area contributed by atoms with Crippen LogP contribution in [0.3, 0.4) is 0 Å². The van der Waals surface area contributed by atoms with Gasteiger partial charge in [0.1, 0.15) is 13.2 Å². The highest BCUT2D eigenvalue weighted by Crippen LogP contribution is 2.19. The van der Waals surface area contributed by atoms with E-state index in [0.29, 0.717) is 19.3 Å². The van der Waals surface area contributed by atoms with E-state index >= 15 is 0 Å². The Morgan fingerprint density at radius 3 is 0.676 bits per heavy atom. The average molecular weight is 1040 g/mol. The Morgan fingerprint density at radius 2 is 0.446 bits per heavy atom. The van der Waals surface area contributed by atoms with Crippen LogP contribution in [0.1, 0.15) is 387 Å². The minimum absolute atomic E-state index is 0.0640. The molecule has 0 aromatic heterocycles. The third-order valence-corrected chi connectivity index (χ3v) is 15.5. The normalized spacial score (nSPS) is 12.0. The Hall–Kier alpha value is -1.85. The second-order valence-corrected chi connectivity index (χ2v) is 23.1. The molecule has 0 saturated heterocycles. The summed E-state index contributed by atoms with van der Waals surface area (Å²) in [7, 11) is 0. The van der Waals surface area contributed by atoms with Gasteiger partial charge in [-0.05, 0) is 44.9 Å². The Morgan fingerprint density at radius 1 is 0.257 bits per heavy atom. The van der Waals surface area contributed by atoms with Crippen molar-refractivity contribution in [2.45, 2.75) is 393 Å². The summed E-state index contributed by atoms with van der Waals surface area (Å²) in [4.78, 5) is 38.3. The van der Waals surface area contributed by atoms with Gasteiger partial charge in [0.05, 0.1) is 0 Å². The molecule has 6 nitrogen and oxygen atoms in total. The maximum Gasteiger partial charge on any atom is 0.306 e. The highest BCUT2D eigenvalue weighted by atomic mass is 16.6. The van der Waals surface area contributed by atoms with Gasteiger partial charge < -0.3 is 14.2 Å². The molecular weight excluding hydrogens is 913 g/mol. The van der Waals surface area contributed by atoms with Crippen molar-refractivity contribution < 1.29 is 28.6 Å². The zero-order valence-electron chi connectivity index (χ0n) is 50.4. The first-order valence-electron chi connectivity index (χ1n) is 33.7. The largest absolute Gasteiger partial charge is 0.462 e. The molecule has 1 atom stereocenters. The van der Waals surface area contributed by atoms with Crippen LogP contribution < -0.4 is 0 Å². The topological polar surface area (TPSA) is 78.9 Å². The molecule has 0 radical (unpaired) electrons. The number of carbonyl (C=O) groups is 3. The first kappa shape index (κ1) is 72.2. The van der Waals surface area contributed by atoms with E-state index in [1.54, 1.807) is 0 Å². The predicted molar refractivity (Wildman–Crippen MR) is 321 cm³/mol. The van der Waals surface area contributed by atoms with Crippen molar-refractivity contribution in [3.05, 3.63) is 12.2 Å². The fraction of sp³-hybridized carbons (Fsp3) is 0.926. The van der Waals surface area contributed by atoms with Crippen LogP contribution in [0.15, 0.2) is 12.2 Å². The Balaban J connectivity index is 4.22. The van der Waals surface area contributed by atoms with E-state index in [0.717, 1.165) is 57.8 Å². The van der Waals surface area contributed by atoms with Gasteiger partial charge in [-0.15, -0.1) is 0 Å². The molecule has 0 aliphatic carbocycles. The maximum atomic E-state index is 12.9. The van der Waals surface area contributed by atoms with Crippen molar-refractivity contribution in [3.63, 3.8) is 0 Å². The second-order valence-electron chi connectivity index (χ2n) is 23.1. The zero-order chi connectivity index (χ0) is 53.6. The summed E-state index contributed by atoms with van der Waals surface area (Å²) in [5.41, 5.74) is 0. The fourth-order valence-electron chi connectivity index (χ4n) is 10.4. The number of hydrogen-bond acceptors (Lipinski definition) is 6. The van der Waals surface area contributed by atoms with Gasteiger partial charge in [-0.2, -0.15) is 0 Å². The summed E-state index contributed by atoms with van der Waals surface area (Å²) in [5.74, 6) is -0.834. The molecule has 0 amide bonds. The Kier molecular flexibility index (Phi) is 62.1. The minimum atomic E-state index is -0.767. The van der Waals surface area contributed by atoms with Crippen LogP contribution in [0, 0.1) is 0 Å². The summed E-state index contributed by atoms with van der Waals surface area (Å²) in [5, 5.41) is 0. The van der Waals surface area contributed by atoms with Crippen LogP contribution >= 0.6 is 0 Å². The molecule has 0 fully saturated rings. The van der Waals surface area contributed by atoms with Gasteiger partial charge in [0, 0.05) is 19.3 Å². The Bertz CT molecular complexity index is 1150. The van der Waals surface area contributed by atoms with Crippen LogP contribution in [0.4, 0.5) is 0 Å². The smallest absolute Gasteiger partial charge is 0.306 e. The lowest BCUT2D eigenvalue weighted by atomic mass is 10.0. The first-order chi connectivity index (χ1) is 36.5. The van der Waals surface area contributed by atoms with Crippen LogP contribution in [0.25, 0.3) is 0 Å². The molecule has 6 heteroatoms. The average Bonchev–Trinajstić information content (AvgIpc) is 3.40. The highest BCUT2D eigenvalue weighted by molar-refractivity contribution is 5.71. The highest BCUT2D eigenvalue weighted by Gasteiger charge is 2.19. The number of esters is 3. The molecule has 74 heavy (non-hydrogen) atoms. The molecule has 1 unspecified atom stereocenters. The number of carbonyl (C=O) groups excluding carboxylic acids is 3. The number of allylic oxidation sites excluding steroid dienone is 2. The molecule has 0 aromatic carbocycles. The summed E-state index contributed by atoms with van der Waals surface area (Å²) >= 11 is 0. The van der Waals surface area contributed by atoms with Crippen molar-refractivity contribution in [2.75, 3.05) is 13.2 Å². The van der Waals surface area contributed by atoms with Crippen LogP contribution in [0.2, 0.25) is 0 Å². The van der Waals surface area contributed by atoms with Crippen LogP contribution in [-0.2, 0) is 28.6 Å². The third-order valence-electron chi connectivity index (χ3n) is 15.5. The first-order valence-corrected chi connectivity index (χ1v) is 33.7. The third kappa shape index (κ3) is 61.0. The zero-order valence-corrected chi connectivity index (χ0v) is 50.4. The molecule has 0 aliphatic heterocycles. The van der Waals surface area contributed by atoms with Crippen LogP contribution in [-0.4, -0.2) is 37.2 Å². The van der Waals surface area contributed by atoms with Gasteiger partial charge in [-0.3, -0.25) is 14.4 Å². The number of unbranched alkanes of at least 4 members (excludes halogenated alkanes) is 50.